The first-order valence-corrected chi connectivity index (χ1v) is 6.68. The van der Waals surface area contributed by atoms with Crippen LogP contribution in [0, 0.1) is 5.92 Å². The quantitative estimate of drug-likeness (QED) is 0.810. The van der Waals surface area contributed by atoms with E-state index in [1.54, 1.807) is 25.1 Å². The van der Waals surface area contributed by atoms with Gasteiger partial charge in [-0.3, -0.25) is 14.9 Å². The molecular weight excluding hydrogens is 326 g/mol. The van der Waals surface area contributed by atoms with Crippen LogP contribution < -0.4 is 5.32 Å². The van der Waals surface area contributed by atoms with Gasteiger partial charge in [0.05, 0.1) is 0 Å². The van der Waals surface area contributed by atoms with Crippen LogP contribution in [-0.4, -0.2) is 32.3 Å². The molecule has 1 unspecified atom stereocenters. The molecule has 104 valence electrons. The van der Waals surface area contributed by atoms with Crippen LogP contribution in [-0.2, 0) is 4.79 Å². The van der Waals surface area contributed by atoms with Crippen LogP contribution in [0.5, 0.6) is 0 Å². The molecule has 0 bridgehead atoms. The molecule has 1 heterocycles. The van der Waals surface area contributed by atoms with E-state index >= 15 is 0 Å². The molecular formula is C12H12BrN5O2. The van der Waals surface area contributed by atoms with Gasteiger partial charge < -0.3 is 0 Å². The van der Waals surface area contributed by atoms with E-state index in [1.807, 2.05) is 6.07 Å². The SMILES string of the molecule is CC(CC(=O)c1cccc(Br)c1)C(=O)Nc1nn[nH]n1. The molecule has 7 nitrogen and oxygen atoms in total. The molecule has 2 aromatic rings. The topological polar surface area (TPSA) is 101 Å². The summed E-state index contributed by atoms with van der Waals surface area (Å²) in [5, 5.41) is 15.3. The Morgan fingerprint density at radius 3 is 2.90 bits per heavy atom. The number of benzene rings is 1. The van der Waals surface area contributed by atoms with Crippen LogP contribution in [0.15, 0.2) is 28.7 Å². The summed E-state index contributed by atoms with van der Waals surface area (Å²) < 4.78 is 0.826. The predicted molar refractivity (Wildman–Crippen MR) is 75.1 cm³/mol. The first-order chi connectivity index (χ1) is 9.56. The lowest BCUT2D eigenvalue weighted by Crippen LogP contribution is -2.23. The minimum absolute atomic E-state index is 0.0942. The Labute approximate surface area is 123 Å². The molecule has 0 aliphatic carbocycles. The van der Waals surface area contributed by atoms with Crippen molar-refractivity contribution in [2.24, 2.45) is 5.92 Å². The summed E-state index contributed by atoms with van der Waals surface area (Å²) in [4.78, 5) is 23.9. The van der Waals surface area contributed by atoms with Crippen LogP contribution in [0.1, 0.15) is 23.7 Å². The van der Waals surface area contributed by atoms with Gasteiger partial charge in [-0.25, -0.2) is 0 Å². The zero-order chi connectivity index (χ0) is 14.5. The van der Waals surface area contributed by atoms with Gasteiger partial charge in [0.25, 0.3) is 5.95 Å². The fourth-order valence-corrected chi connectivity index (χ4v) is 2.00. The Morgan fingerprint density at radius 2 is 2.25 bits per heavy atom. The molecule has 1 amide bonds. The fraction of sp³-hybridized carbons (Fsp3) is 0.250. The highest BCUT2D eigenvalue weighted by molar-refractivity contribution is 9.10. The summed E-state index contributed by atoms with van der Waals surface area (Å²) in [6.45, 7) is 1.67. The van der Waals surface area contributed by atoms with Crippen LogP contribution in [0.3, 0.4) is 0 Å². The summed E-state index contributed by atoms with van der Waals surface area (Å²) in [6, 6.07) is 7.06. The van der Waals surface area contributed by atoms with Gasteiger partial charge in [0.2, 0.25) is 5.91 Å². The lowest BCUT2D eigenvalue weighted by molar-refractivity contribution is -0.119. The number of carbonyl (C=O) groups excluding carboxylic acids is 2. The third kappa shape index (κ3) is 3.70. The number of tetrazole rings is 1. The average Bonchev–Trinajstić information content (AvgIpc) is 2.91. The van der Waals surface area contributed by atoms with Gasteiger partial charge in [0, 0.05) is 22.4 Å². The van der Waals surface area contributed by atoms with Crippen LogP contribution in [0.4, 0.5) is 5.95 Å². The number of amides is 1. The zero-order valence-corrected chi connectivity index (χ0v) is 12.2. The third-order valence-electron chi connectivity index (χ3n) is 2.67. The number of hydrogen-bond donors (Lipinski definition) is 2. The summed E-state index contributed by atoms with van der Waals surface area (Å²) in [5.74, 6) is -0.812. The van der Waals surface area contributed by atoms with Crippen molar-refractivity contribution < 1.29 is 9.59 Å². The van der Waals surface area contributed by atoms with Crippen molar-refractivity contribution in [1.29, 1.82) is 0 Å². The number of nitrogens with one attached hydrogen (secondary N) is 2. The Kier molecular flexibility index (Phi) is 4.57. The van der Waals surface area contributed by atoms with E-state index in [-0.39, 0.29) is 24.1 Å². The van der Waals surface area contributed by atoms with Gasteiger partial charge in [0.1, 0.15) is 0 Å². The summed E-state index contributed by atoms with van der Waals surface area (Å²) in [5.41, 5.74) is 0.568. The van der Waals surface area contributed by atoms with Crippen LogP contribution in [0.2, 0.25) is 0 Å². The molecule has 0 saturated heterocycles. The second kappa shape index (κ2) is 6.38. The lowest BCUT2D eigenvalue weighted by atomic mass is 9.99. The Hall–Kier alpha value is -2.09. The van der Waals surface area contributed by atoms with Crippen molar-refractivity contribution in [3.63, 3.8) is 0 Å². The van der Waals surface area contributed by atoms with Gasteiger partial charge in [-0.05, 0) is 17.3 Å². The molecule has 20 heavy (non-hydrogen) atoms. The van der Waals surface area contributed by atoms with Crippen molar-refractivity contribution in [1.82, 2.24) is 20.6 Å². The number of ketones is 1. The molecule has 8 heteroatoms. The van der Waals surface area contributed by atoms with Crippen molar-refractivity contribution in [2.45, 2.75) is 13.3 Å². The number of aromatic nitrogens is 4. The van der Waals surface area contributed by atoms with Gasteiger partial charge in [-0.1, -0.05) is 40.1 Å². The van der Waals surface area contributed by atoms with Crippen molar-refractivity contribution in [3.8, 4) is 0 Å². The van der Waals surface area contributed by atoms with Gasteiger partial charge in [-0.2, -0.15) is 5.21 Å². The Morgan fingerprint density at radius 1 is 1.45 bits per heavy atom. The molecule has 1 aromatic heterocycles. The maximum absolute atomic E-state index is 12.1. The molecule has 2 N–H and O–H groups in total. The minimum Gasteiger partial charge on any atom is -0.294 e. The standard InChI is InChI=1S/C12H12BrN5O2/c1-7(11(20)14-12-15-17-18-16-12)5-10(19)8-3-2-4-9(13)6-8/h2-4,6-7H,5H2,1H3,(H2,14,15,16,17,18,20). The highest BCUT2D eigenvalue weighted by atomic mass is 79.9. The average molecular weight is 338 g/mol. The van der Waals surface area contributed by atoms with Crippen molar-refractivity contribution in [2.75, 3.05) is 5.32 Å². The predicted octanol–water partition coefficient (Wildman–Crippen LogP) is 1.81. The van der Waals surface area contributed by atoms with E-state index in [4.69, 9.17) is 0 Å². The highest BCUT2D eigenvalue weighted by Crippen LogP contribution is 2.16. The van der Waals surface area contributed by atoms with E-state index < -0.39 is 5.92 Å². The third-order valence-corrected chi connectivity index (χ3v) is 3.16. The number of nitrogens with zero attached hydrogens (tertiary/aromatic N) is 3. The number of H-pyrrole nitrogens is 1. The lowest BCUT2D eigenvalue weighted by Gasteiger charge is -2.09. The molecule has 0 aliphatic rings. The van der Waals surface area contributed by atoms with E-state index in [1.165, 1.54) is 0 Å². The van der Waals surface area contributed by atoms with E-state index in [0.717, 1.165) is 4.47 Å². The van der Waals surface area contributed by atoms with Crippen LogP contribution >= 0.6 is 15.9 Å². The number of hydrogen-bond acceptors (Lipinski definition) is 5. The van der Waals surface area contributed by atoms with Crippen molar-refractivity contribution in [3.05, 3.63) is 34.3 Å². The highest BCUT2D eigenvalue weighted by Gasteiger charge is 2.19. The zero-order valence-electron chi connectivity index (χ0n) is 10.6. The second-order valence-corrected chi connectivity index (χ2v) is 5.18. The first kappa shape index (κ1) is 14.3. The number of rotatable bonds is 5. The second-order valence-electron chi connectivity index (χ2n) is 4.26. The summed E-state index contributed by atoms with van der Waals surface area (Å²) in [6.07, 6.45) is 0.111. The smallest absolute Gasteiger partial charge is 0.269 e. The fourth-order valence-electron chi connectivity index (χ4n) is 1.60. The number of Topliss-reactive ketones (excluding diaryl/α,β-unsaturated/α-hetero) is 1. The van der Waals surface area contributed by atoms with Gasteiger partial charge >= 0.3 is 0 Å². The van der Waals surface area contributed by atoms with Gasteiger partial charge in [0.15, 0.2) is 5.78 Å². The molecule has 0 radical (unpaired) electrons. The number of aromatic amines is 1. The monoisotopic (exact) mass is 337 g/mol. The summed E-state index contributed by atoms with van der Waals surface area (Å²) >= 11 is 3.31. The van der Waals surface area contributed by atoms with E-state index in [0.29, 0.717) is 5.56 Å². The maximum Gasteiger partial charge on any atom is 0.269 e. The number of anilines is 1. The Bertz CT molecular complexity index is 614. The number of halogens is 1. The maximum atomic E-state index is 12.1. The number of carbonyl (C=O) groups is 2. The molecule has 0 aliphatic heterocycles. The largest absolute Gasteiger partial charge is 0.294 e. The van der Waals surface area contributed by atoms with E-state index in [9.17, 15) is 9.59 Å². The first-order valence-electron chi connectivity index (χ1n) is 5.89. The molecule has 0 spiro atoms. The molecule has 0 fully saturated rings. The minimum atomic E-state index is -0.486. The summed E-state index contributed by atoms with van der Waals surface area (Å²) in [7, 11) is 0. The molecule has 0 saturated carbocycles. The normalized spacial score (nSPS) is 11.9. The van der Waals surface area contributed by atoms with Crippen LogP contribution in [0.25, 0.3) is 0 Å². The van der Waals surface area contributed by atoms with E-state index in [2.05, 4.69) is 41.9 Å². The Balaban J connectivity index is 1.95. The van der Waals surface area contributed by atoms with Crippen molar-refractivity contribution >= 4 is 33.6 Å². The molecule has 1 aromatic carbocycles. The molecule has 2 rings (SSSR count). The molecule has 1 atom stereocenters. The van der Waals surface area contributed by atoms with Gasteiger partial charge in [-0.15, -0.1) is 5.10 Å².